The Morgan fingerprint density at radius 2 is 2.06 bits per heavy atom. The van der Waals surface area contributed by atoms with E-state index < -0.39 is 0 Å². The average molecular weight is 254 g/mol. The van der Waals surface area contributed by atoms with Crippen molar-refractivity contribution in [3.8, 4) is 11.5 Å². The van der Waals surface area contributed by atoms with Crippen LogP contribution in [0.25, 0.3) is 0 Å². The molecule has 0 amide bonds. The van der Waals surface area contributed by atoms with Crippen LogP contribution in [0.3, 0.4) is 0 Å². The van der Waals surface area contributed by atoms with Crippen LogP contribution in [0.1, 0.15) is 30.9 Å². The second-order valence-corrected chi connectivity index (χ2v) is 4.89. The summed E-state index contributed by atoms with van der Waals surface area (Å²) in [5.41, 5.74) is 1.07. The van der Waals surface area contributed by atoms with Gasteiger partial charge in [-0.15, -0.1) is 0 Å². The third-order valence-corrected chi connectivity index (χ3v) is 3.64. The molecule has 1 aromatic rings. The zero-order valence-electron chi connectivity index (χ0n) is 9.67. The molecule has 0 spiro atoms. The summed E-state index contributed by atoms with van der Waals surface area (Å²) in [5.74, 6) is 1.67. The summed E-state index contributed by atoms with van der Waals surface area (Å²) in [6, 6.07) is 4.12. The minimum absolute atomic E-state index is 0.305. The van der Waals surface area contributed by atoms with Crippen LogP contribution in [0, 0.1) is 0 Å². The monoisotopic (exact) mass is 253 g/mol. The molecule has 1 saturated heterocycles. The maximum Gasteiger partial charge on any atom is 0.167 e. The zero-order valence-corrected chi connectivity index (χ0v) is 10.4. The minimum Gasteiger partial charge on any atom is -0.490 e. The molecule has 1 N–H and O–H groups in total. The van der Waals surface area contributed by atoms with Gasteiger partial charge in [0.25, 0.3) is 0 Å². The van der Waals surface area contributed by atoms with Crippen molar-refractivity contribution in [1.29, 1.82) is 0 Å². The first kappa shape index (κ1) is 11.2. The highest BCUT2D eigenvalue weighted by Crippen LogP contribution is 2.43. The first-order chi connectivity index (χ1) is 8.36. The van der Waals surface area contributed by atoms with E-state index in [1.807, 2.05) is 12.1 Å². The summed E-state index contributed by atoms with van der Waals surface area (Å²) in [4.78, 5) is 0. The van der Waals surface area contributed by atoms with Gasteiger partial charge in [-0.25, -0.2) is 0 Å². The molecule has 0 bridgehead atoms. The fourth-order valence-corrected chi connectivity index (χ4v) is 2.77. The van der Waals surface area contributed by atoms with E-state index in [0.29, 0.717) is 19.3 Å². The molecule has 0 saturated carbocycles. The second kappa shape index (κ2) is 4.75. The molecule has 1 atom stereocenters. The van der Waals surface area contributed by atoms with Crippen LogP contribution in [-0.2, 0) is 0 Å². The molecule has 1 unspecified atom stereocenters. The third kappa shape index (κ3) is 2.09. The summed E-state index contributed by atoms with van der Waals surface area (Å²) in [5, 5.41) is 4.24. The van der Waals surface area contributed by atoms with Gasteiger partial charge in [-0.1, -0.05) is 11.6 Å². The van der Waals surface area contributed by atoms with Crippen molar-refractivity contribution in [2.24, 2.45) is 0 Å². The van der Waals surface area contributed by atoms with Gasteiger partial charge in [0.05, 0.1) is 13.2 Å². The Hall–Kier alpha value is -0.930. The normalized spacial score (nSPS) is 23.5. The Labute approximate surface area is 106 Å². The van der Waals surface area contributed by atoms with Crippen LogP contribution >= 0.6 is 11.6 Å². The van der Waals surface area contributed by atoms with Gasteiger partial charge in [0, 0.05) is 23.0 Å². The Kier molecular flexibility index (Phi) is 3.12. The number of fused-ring (bicyclic) bond motifs is 1. The molecular weight excluding hydrogens is 238 g/mol. The Morgan fingerprint density at radius 3 is 2.88 bits per heavy atom. The van der Waals surface area contributed by atoms with Gasteiger partial charge >= 0.3 is 0 Å². The summed E-state index contributed by atoms with van der Waals surface area (Å²) >= 11 is 6.32. The fraction of sp³-hybridized carbons (Fsp3) is 0.538. The molecule has 0 aromatic heterocycles. The van der Waals surface area contributed by atoms with Gasteiger partial charge in [0.15, 0.2) is 11.5 Å². The number of ether oxygens (including phenoxy) is 2. The predicted molar refractivity (Wildman–Crippen MR) is 67.0 cm³/mol. The molecule has 17 heavy (non-hydrogen) atoms. The van der Waals surface area contributed by atoms with E-state index in [0.717, 1.165) is 41.5 Å². The minimum atomic E-state index is 0.305. The van der Waals surface area contributed by atoms with Crippen LogP contribution in [0.15, 0.2) is 12.1 Å². The van der Waals surface area contributed by atoms with Gasteiger partial charge in [0.1, 0.15) is 0 Å². The molecule has 4 heteroatoms. The van der Waals surface area contributed by atoms with Crippen LogP contribution in [-0.4, -0.2) is 19.8 Å². The molecule has 3 rings (SSSR count). The van der Waals surface area contributed by atoms with E-state index >= 15 is 0 Å². The van der Waals surface area contributed by atoms with Crippen LogP contribution in [0.2, 0.25) is 5.02 Å². The van der Waals surface area contributed by atoms with Crippen LogP contribution in [0.5, 0.6) is 11.5 Å². The number of benzene rings is 1. The highest BCUT2D eigenvalue weighted by Gasteiger charge is 2.26. The first-order valence-corrected chi connectivity index (χ1v) is 6.55. The Balaban J connectivity index is 2.05. The number of hydrogen-bond donors (Lipinski definition) is 1. The summed E-state index contributed by atoms with van der Waals surface area (Å²) in [6.45, 7) is 2.46. The molecule has 3 nitrogen and oxygen atoms in total. The van der Waals surface area contributed by atoms with Gasteiger partial charge in [-0.2, -0.15) is 0 Å². The molecule has 1 fully saturated rings. The van der Waals surface area contributed by atoms with E-state index in [1.54, 1.807) is 0 Å². The fourth-order valence-electron chi connectivity index (χ4n) is 2.49. The lowest BCUT2D eigenvalue weighted by molar-refractivity contribution is 0.295. The molecular formula is C13H16ClNO2. The number of hydrogen-bond acceptors (Lipinski definition) is 3. The summed E-state index contributed by atoms with van der Waals surface area (Å²) in [7, 11) is 0. The third-order valence-electron chi connectivity index (χ3n) is 3.31. The highest BCUT2D eigenvalue weighted by molar-refractivity contribution is 6.31. The average Bonchev–Trinajstić information content (AvgIpc) is 2.74. The van der Waals surface area contributed by atoms with Crippen molar-refractivity contribution in [1.82, 2.24) is 5.32 Å². The first-order valence-electron chi connectivity index (χ1n) is 6.17. The molecule has 0 aliphatic carbocycles. The number of nitrogens with one attached hydrogen (secondary N) is 1. The highest BCUT2D eigenvalue weighted by atomic mass is 35.5. The Bertz CT molecular complexity index is 416. The lowest BCUT2D eigenvalue weighted by Gasteiger charge is -2.18. The molecule has 2 heterocycles. The zero-order chi connectivity index (χ0) is 11.7. The van der Waals surface area contributed by atoms with E-state index in [4.69, 9.17) is 21.1 Å². The van der Waals surface area contributed by atoms with Crippen LogP contribution < -0.4 is 14.8 Å². The van der Waals surface area contributed by atoms with E-state index in [-0.39, 0.29) is 0 Å². The largest absolute Gasteiger partial charge is 0.490 e. The van der Waals surface area contributed by atoms with Crippen molar-refractivity contribution in [3.05, 3.63) is 22.7 Å². The predicted octanol–water partition coefficient (Wildman–Crippen LogP) is 2.93. The van der Waals surface area contributed by atoms with Crippen molar-refractivity contribution in [2.75, 3.05) is 19.8 Å². The molecule has 2 aliphatic rings. The van der Waals surface area contributed by atoms with E-state index in [2.05, 4.69) is 5.32 Å². The smallest absolute Gasteiger partial charge is 0.167 e. The molecule has 92 valence electrons. The van der Waals surface area contributed by atoms with Crippen LogP contribution in [0.4, 0.5) is 0 Å². The standard InChI is InChI=1S/C13H16ClNO2/c14-9-4-5-11-13(17-8-2-7-16-11)12(9)10-3-1-6-15-10/h4-5,10,15H,1-3,6-8H2. The number of halogens is 1. The number of rotatable bonds is 1. The topological polar surface area (TPSA) is 30.5 Å². The molecule has 2 aliphatic heterocycles. The van der Waals surface area contributed by atoms with Gasteiger partial charge < -0.3 is 14.8 Å². The lowest BCUT2D eigenvalue weighted by Crippen LogP contribution is -2.14. The van der Waals surface area contributed by atoms with E-state index in [9.17, 15) is 0 Å². The Morgan fingerprint density at radius 1 is 1.18 bits per heavy atom. The second-order valence-electron chi connectivity index (χ2n) is 4.49. The van der Waals surface area contributed by atoms with Crippen molar-refractivity contribution < 1.29 is 9.47 Å². The van der Waals surface area contributed by atoms with E-state index in [1.165, 1.54) is 6.42 Å². The maximum atomic E-state index is 6.32. The SMILES string of the molecule is Clc1ccc2c(c1C1CCCN1)OCCCO2. The quantitative estimate of drug-likeness (QED) is 0.835. The van der Waals surface area contributed by atoms with Gasteiger partial charge in [-0.3, -0.25) is 0 Å². The molecule has 0 radical (unpaired) electrons. The van der Waals surface area contributed by atoms with Gasteiger partial charge in [0.2, 0.25) is 0 Å². The van der Waals surface area contributed by atoms with Gasteiger partial charge in [-0.05, 0) is 31.5 Å². The molecule has 1 aromatic carbocycles. The van der Waals surface area contributed by atoms with Crippen molar-refractivity contribution in [3.63, 3.8) is 0 Å². The lowest BCUT2D eigenvalue weighted by atomic mass is 10.0. The van der Waals surface area contributed by atoms with Crippen molar-refractivity contribution in [2.45, 2.75) is 25.3 Å². The summed E-state index contributed by atoms with van der Waals surface area (Å²) in [6.07, 6.45) is 3.22. The summed E-state index contributed by atoms with van der Waals surface area (Å²) < 4.78 is 11.5. The maximum absolute atomic E-state index is 6.32. The van der Waals surface area contributed by atoms with Crippen molar-refractivity contribution >= 4 is 11.6 Å².